The minimum absolute atomic E-state index is 0.240. The van der Waals surface area contributed by atoms with Crippen molar-refractivity contribution in [3.63, 3.8) is 0 Å². The first-order valence-corrected chi connectivity index (χ1v) is 10.1. The molecule has 1 heterocycles. The minimum atomic E-state index is -0.626. The highest BCUT2D eigenvalue weighted by atomic mass is 16.6. The van der Waals surface area contributed by atoms with Crippen molar-refractivity contribution in [1.29, 1.82) is 0 Å². The van der Waals surface area contributed by atoms with Gasteiger partial charge in [-0.15, -0.1) is 0 Å². The second kappa shape index (κ2) is 10.1. The lowest BCUT2D eigenvalue weighted by Gasteiger charge is -2.22. The van der Waals surface area contributed by atoms with E-state index >= 15 is 0 Å². The predicted molar refractivity (Wildman–Crippen MR) is 115 cm³/mol. The number of nitrogens with zero attached hydrogens (tertiary/aromatic N) is 1. The van der Waals surface area contributed by atoms with Gasteiger partial charge in [-0.2, -0.15) is 0 Å². The molecule has 0 aliphatic heterocycles. The molecule has 3 rings (SSSR count). The van der Waals surface area contributed by atoms with E-state index in [1.807, 2.05) is 54.6 Å². The van der Waals surface area contributed by atoms with Gasteiger partial charge < -0.3 is 24.3 Å². The van der Waals surface area contributed by atoms with Gasteiger partial charge in [-0.3, -0.25) is 0 Å². The van der Waals surface area contributed by atoms with Crippen LogP contribution in [0.3, 0.4) is 0 Å². The summed E-state index contributed by atoms with van der Waals surface area (Å²) in [6, 6.07) is 17.0. The number of oxazole rings is 1. The van der Waals surface area contributed by atoms with Crippen molar-refractivity contribution in [3.8, 4) is 5.75 Å². The number of rotatable bonds is 8. The number of aromatic nitrogens is 1. The van der Waals surface area contributed by atoms with E-state index in [1.54, 1.807) is 20.8 Å². The second-order valence-corrected chi connectivity index (χ2v) is 8.16. The van der Waals surface area contributed by atoms with Gasteiger partial charge in [0.25, 0.3) is 0 Å². The fourth-order valence-electron chi connectivity index (χ4n) is 2.90. The van der Waals surface area contributed by atoms with E-state index in [9.17, 15) is 9.90 Å². The van der Waals surface area contributed by atoms with Crippen molar-refractivity contribution >= 4 is 6.09 Å². The summed E-state index contributed by atoms with van der Waals surface area (Å²) in [7, 11) is 0. The smallest absolute Gasteiger partial charge is 0.408 e. The van der Waals surface area contributed by atoms with Gasteiger partial charge in [0.15, 0.2) is 0 Å². The first kappa shape index (κ1) is 22.4. The first-order valence-electron chi connectivity index (χ1n) is 10.1. The molecule has 164 valence electrons. The fraction of sp³-hybridized carbons (Fsp3) is 0.333. The summed E-state index contributed by atoms with van der Waals surface area (Å²) in [4.78, 5) is 16.6. The zero-order valence-corrected chi connectivity index (χ0v) is 18.0. The Morgan fingerprint density at radius 3 is 2.42 bits per heavy atom. The Hall–Kier alpha value is -3.32. The highest BCUT2D eigenvalue weighted by molar-refractivity contribution is 5.68. The molecule has 0 fully saturated rings. The highest BCUT2D eigenvalue weighted by Gasteiger charge is 2.24. The molecular formula is C24H28N2O5. The van der Waals surface area contributed by atoms with Crippen molar-refractivity contribution in [3.05, 3.63) is 83.6 Å². The lowest BCUT2D eigenvalue weighted by molar-refractivity contribution is 0.0495. The number of ether oxygens (including phenoxy) is 2. The summed E-state index contributed by atoms with van der Waals surface area (Å²) in [5, 5.41) is 12.1. The number of hydrogen-bond acceptors (Lipinski definition) is 6. The van der Waals surface area contributed by atoms with Crippen molar-refractivity contribution in [2.75, 3.05) is 0 Å². The van der Waals surface area contributed by atoms with Crippen LogP contribution in [0.4, 0.5) is 4.79 Å². The van der Waals surface area contributed by atoms with Crippen LogP contribution >= 0.6 is 0 Å². The molecule has 3 aromatic rings. The highest BCUT2D eigenvalue weighted by Crippen LogP contribution is 2.22. The maximum atomic E-state index is 12.3. The van der Waals surface area contributed by atoms with E-state index in [4.69, 9.17) is 13.9 Å². The zero-order valence-electron chi connectivity index (χ0n) is 18.0. The van der Waals surface area contributed by atoms with Gasteiger partial charge in [0, 0.05) is 6.42 Å². The zero-order chi connectivity index (χ0) is 22.3. The molecule has 0 unspecified atom stereocenters. The average molecular weight is 424 g/mol. The summed E-state index contributed by atoms with van der Waals surface area (Å²) in [5.41, 5.74) is 1.82. The van der Waals surface area contributed by atoms with Gasteiger partial charge in [-0.05, 0) is 44.0 Å². The van der Waals surface area contributed by atoms with Crippen LogP contribution in [0.25, 0.3) is 0 Å². The van der Waals surface area contributed by atoms with Gasteiger partial charge >= 0.3 is 6.09 Å². The first-order chi connectivity index (χ1) is 14.8. The van der Waals surface area contributed by atoms with Gasteiger partial charge in [0.1, 0.15) is 36.0 Å². The van der Waals surface area contributed by atoms with Crippen LogP contribution in [0, 0.1) is 0 Å². The molecule has 0 aliphatic rings. The third kappa shape index (κ3) is 7.15. The quantitative estimate of drug-likeness (QED) is 0.551. The van der Waals surface area contributed by atoms with Crippen LogP contribution in [0.1, 0.15) is 49.5 Å². The number of nitrogens with one attached hydrogen (secondary N) is 1. The van der Waals surface area contributed by atoms with Crippen LogP contribution < -0.4 is 10.1 Å². The molecular weight excluding hydrogens is 396 g/mol. The molecule has 1 aromatic heterocycles. The van der Waals surface area contributed by atoms with E-state index in [0.29, 0.717) is 24.6 Å². The normalized spacial score (nSPS) is 12.3. The van der Waals surface area contributed by atoms with Crippen LogP contribution in [0.15, 0.2) is 65.3 Å². The minimum Gasteiger partial charge on any atom is -0.489 e. The van der Waals surface area contributed by atoms with Gasteiger partial charge in [-0.25, -0.2) is 9.78 Å². The van der Waals surface area contributed by atoms with Crippen molar-refractivity contribution in [2.45, 2.75) is 52.0 Å². The van der Waals surface area contributed by atoms with E-state index < -0.39 is 17.7 Å². The predicted octanol–water partition coefficient (Wildman–Crippen LogP) is 4.55. The van der Waals surface area contributed by atoms with Crippen molar-refractivity contribution < 1.29 is 23.8 Å². The second-order valence-electron chi connectivity index (χ2n) is 8.16. The lowest BCUT2D eigenvalue weighted by atomic mass is 10.1. The maximum absolute atomic E-state index is 12.3. The average Bonchev–Trinajstić information content (AvgIpc) is 3.21. The summed E-state index contributed by atoms with van der Waals surface area (Å²) < 4.78 is 16.7. The van der Waals surface area contributed by atoms with E-state index in [-0.39, 0.29) is 6.61 Å². The number of benzene rings is 2. The number of hydrogen-bond donors (Lipinski definition) is 2. The molecule has 31 heavy (non-hydrogen) atoms. The van der Waals surface area contributed by atoms with Gasteiger partial charge in [0.2, 0.25) is 5.89 Å². The summed E-state index contributed by atoms with van der Waals surface area (Å²) in [6.07, 6.45) is 1.24. The Bertz CT molecular complexity index is 962. The SMILES string of the molecule is CC(C)(C)OC(=O)N[C@@H](Cc1ccc(OCc2ccccc2)cc1)c1nc(CO)co1. The molecule has 0 spiro atoms. The van der Waals surface area contributed by atoms with Crippen LogP contribution in [-0.2, 0) is 24.4 Å². The van der Waals surface area contributed by atoms with E-state index in [1.165, 1.54) is 6.26 Å². The summed E-state index contributed by atoms with van der Waals surface area (Å²) >= 11 is 0. The molecule has 2 aromatic carbocycles. The number of aliphatic hydroxyl groups is 1. The third-order valence-electron chi connectivity index (χ3n) is 4.33. The fourth-order valence-corrected chi connectivity index (χ4v) is 2.90. The largest absolute Gasteiger partial charge is 0.489 e. The van der Waals surface area contributed by atoms with Crippen LogP contribution in [-0.4, -0.2) is 21.8 Å². The Morgan fingerprint density at radius 1 is 1.10 bits per heavy atom. The number of aliphatic hydroxyl groups excluding tert-OH is 1. The number of carbonyl (C=O) groups is 1. The lowest BCUT2D eigenvalue weighted by Crippen LogP contribution is -2.36. The number of carbonyl (C=O) groups excluding carboxylic acids is 1. The molecule has 2 N–H and O–H groups in total. The summed E-state index contributed by atoms with van der Waals surface area (Å²) in [5.74, 6) is 1.06. The molecule has 0 aliphatic carbocycles. The molecule has 0 radical (unpaired) electrons. The Labute approximate surface area is 182 Å². The molecule has 1 atom stereocenters. The van der Waals surface area contributed by atoms with E-state index in [0.717, 1.165) is 16.9 Å². The Kier molecular flexibility index (Phi) is 7.31. The number of amides is 1. The third-order valence-corrected chi connectivity index (χ3v) is 4.33. The Morgan fingerprint density at radius 2 is 1.81 bits per heavy atom. The molecule has 0 saturated carbocycles. The molecule has 7 nitrogen and oxygen atoms in total. The molecule has 1 amide bonds. The number of alkyl carbamates (subject to hydrolysis) is 1. The standard InChI is InChI=1S/C24H28N2O5/c1-24(2,3)31-23(28)26-21(22-25-19(14-27)16-30-22)13-17-9-11-20(12-10-17)29-15-18-7-5-4-6-8-18/h4-12,16,21,27H,13-15H2,1-3H3,(H,26,28)/t21-/m0/s1. The Balaban J connectivity index is 1.67. The monoisotopic (exact) mass is 424 g/mol. The topological polar surface area (TPSA) is 93.8 Å². The van der Waals surface area contributed by atoms with Crippen molar-refractivity contribution in [1.82, 2.24) is 10.3 Å². The van der Waals surface area contributed by atoms with Crippen LogP contribution in [0.5, 0.6) is 5.75 Å². The molecule has 0 bridgehead atoms. The van der Waals surface area contributed by atoms with Gasteiger partial charge in [-0.1, -0.05) is 42.5 Å². The summed E-state index contributed by atoms with van der Waals surface area (Å²) in [6.45, 7) is 5.64. The molecule has 0 saturated heterocycles. The van der Waals surface area contributed by atoms with Gasteiger partial charge in [0.05, 0.1) is 6.61 Å². The van der Waals surface area contributed by atoms with Crippen LogP contribution in [0.2, 0.25) is 0 Å². The van der Waals surface area contributed by atoms with E-state index in [2.05, 4.69) is 10.3 Å². The maximum Gasteiger partial charge on any atom is 0.408 e. The van der Waals surface area contributed by atoms with Crippen molar-refractivity contribution in [2.24, 2.45) is 0 Å². The molecule has 7 heteroatoms.